The van der Waals surface area contributed by atoms with Crippen LogP contribution in [-0.2, 0) is 16.0 Å². The van der Waals surface area contributed by atoms with Crippen LogP contribution < -0.4 is 10.6 Å². The molecule has 0 radical (unpaired) electrons. The molecule has 2 aromatic rings. The molecule has 0 saturated carbocycles. The summed E-state index contributed by atoms with van der Waals surface area (Å²) in [6.45, 7) is 2.43. The minimum absolute atomic E-state index is 0.0139. The van der Waals surface area contributed by atoms with Crippen LogP contribution in [0.5, 0.6) is 0 Å². The van der Waals surface area contributed by atoms with Gasteiger partial charge in [0.2, 0.25) is 11.8 Å². The van der Waals surface area contributed by atoms with E-state index >= 15 is 0 Å². The second-order valence-corrected chi connectivity index (χ2v) is 7.86. The molecule has 0 aromatic heterocycles. The van der Waals surface area contributed by atoms with Crippen LogP contribution in [0.2, 0.25) is 5.02 Å². The standard InChI is InChI=1S/C23H27ClN4O3/c24-19-7-9-20(10-8-19)26-23(31)28-14-4-13-27(15-16-28)22(30)11-12-25-21(29)17-18-5-2-1-3-6-18/h1-3,5-10H,4,11-17H2,(H,25,29)(H,26,31). The van der Waals surface area contributed by atoms with Crippen molar-refractivity contribution in [2.45, 2.75) is 19.3 Å². The van der Waals surface area contributed by atoms with Crippen molar-refractivity contribution in [1.29, 1.82) is 0 Å². The lowest BCUT2D eigenvalue weighted by molar-refractivity contribution is -0.131. The first kappa shape index (κ1) is 22.6. The number of urea groups is 1. The van der Waals surface area contributed by atoms with Gasteiger partial charge in [-0.15, -0.1) is 0 Å². The van der Waals surface area contributed by atoms with E-state index in [9.17, 15) is 14.4 Å². The van der Waals surface area contributed by atoms with Crippen LogP contribution in [0.25, 0.3) is 0 Å². The molecule has 0 bridgehead atoms. The zero-order valence-electron chi connectivity index (χ0n) is 17.4. The van der Waals surface area contributed by atoms with Gasteiger partial charge in [0.15, 0.2) is 0 Å². The van der Waals surface area contributed by atoms with E-state index in [1.165, 1.54) is 0 Å². The lowest BCUT2D eigenvalue weighted by atomic mass is 10.1. The molecule has 1 fully saturated rings. The van der Waals surface area contributed by atoms with Crippen LogP contribution in [-0.4, -0.2) is 60.4 Å². The molecule has 4 amide bonds. The zero-order chi connectivity index (χ0) is 22.1. The minimum Gasteiger partial charge on any atom is -0.355 e. The molecule has 31 heavy (non-hydrogen) atoms. The molecule has 0 atom stereocenters. The quantitative estimate of drug-likeness (QED) is 0.721. The fourth-order valence-corrected chi connectivity index (χ4v) is 3.54. The Bertz CT molecular complexity index is 889. The monoisotopic (exact) mass is 442 g/mol. The van der Waals surface area contributed by atoms with Gasteiger partial charge in [-0.25, -0.2) is 4.79 Å². The third-order valence-corrected chi connectivity index (χ3v) is 5.35. The Kier molecular flexibility index (Phi) is 8.29. The molecular weight excluding hydrogens is 416 g/mol. The molecule has 0 unspecified atom stereocenters. The summed E-state index contributed by atoms with van der Waals surface area (Å²) in [5, 5.41) is 6.27. The van der Waals surface area contributed by atoms with Gasteiger partial charge in [0.05, 0.1) is 6.42 Å². The summed E-state index contributed by atoms with van der Waals surface area (Å²) in [4.78, 5) is 40.5. The highest BCUT2D eigenvalue weighted by atomic mass is 35.5. The van der Waals surface area contributed by atoms with E-state index in [-0.39, 0.29) is 24.3 Å². The molecular formula is C23H27ClN4O3. The lowest BCUT2D eigenvalue weighted by Gasteiger charge is -2.22. The molecule has 7 nitrogen and oxygen atoms in total. The van der Waals surface area contributed by atoms with E-state index in [0.717, 1.165) is 5.56 Å². The summed E-state index contributed by atoms with van der Waals surface area (Å²) in [6, 6.07) is 16.2. The van der Waals surface area contributed by atoms with Crippen molar-refractivity contribution in [3.05, 3.63) is 65.2 Å². The molecule has 2 N–H and O–H groups in total. The van der Waals surface area contributed by atoms with Crippen molar-refractivity contribution in [2.75, 3.05) is 38.0 Å². The van der Waals surface area contributed by atoms with Gasteiger partial charge in [-0.05, 0) is 36.2 Å². The first-order chi connectivity index (χ1) is 15.0. The van der Waals surface area contributed by atoms with Crippen molar-refractivity contribution in [1.82, 2.24) is 15.1 Å². The Hall–Kier alpha value is -3.06. The number of nitrogens with one attached hydrogen (secondary N) is 2. The van der Waals surface area contributed by atoms with Gasteiger partial charge in [0, 0.05) is 49.9 Å². The number of carbonyl (C=O) groups excluding carboxylic acids is 3. The van der Waals surface area contributed by atoms with Crippen LogP contribution in [0, 0.1) is 0 Å². The summed E-state index contributed by atoms with van der Waals surface area (Å²) >= 11 is 5.87. The average molecular weight is 443 g/mol. The van der Waals surface area contributed by atoms with Crippen molar-refractivity contribution < 1.29 is 14.4 Å². The van der Waals surface area contributed by atoms with Crippen LogP contribution in [0.3, 0.4) is 0 Å². The number of rotatable bonds is 6. The van der Waals surface area contributed by atoms with Gasteiger partial charge < -0.3 is 20.4 Å². The largest absolute Gasteiger partial charge is 0.355 e. The first-order valence-electron chi connectivity index (χ1n) is 10.4. The summed E-state index contributed by atoms with van der Waals surface area (Å²) in [7, 11) is 0. The number of benzene rings is 2. The van der Waals surface area contributed by atoms with Gasteiger partial charge >= 0.3 is 6.03 Å². The van der Waals surface area contributed by atoms with Gasteiger partial charge in [-0.2, -0.15) is 0 Å². The Morgan fingerprint density at radius 2 is 1.55 bits per heavy atom. The summed E-state index contributed by atoms with van der Waals surface area (Å²) < 4.78 is 0. The molecule has 164 valence electrons. The van der Waals surface area contributed by atoms with Crippen LogP contribution in [0.4, 0.5) is 10.5 Å². The molecule has 0 spiro atoms. The van der Waals surface area contributed by atoms with Crippen molar-refractivity contribution in [2.24, 2.45) is 0 Å². The average Bonchev–Trinajstić information content (AvgIpc) is 3.02. The SMILES string of the molecule is O=C(Cc1ccccc1)NCCC(=O)N1CCCN(C(=O)Nc2ccc(Cl)cc2)CC1. The molecule has 1 aliphatic heterocycles. The highest BCUT2D eigenvalue weighted by molar-refractivity contribution is 6.30. The molecule has 1 saturated heterocycles. The number of carbonyl (C=O) groups is 3. The van der Waals surface area contributed by atoms with E-state index < -0.39 is 0 Å². The third kappa shape index (κ3) is 7.29. The Morgan fingerprint density at radius 3 is 2.29 bits per heavy atom. The summed E-state index contributed by atoms with van der Waals surface area (Å²) in [5.74, 6) is -0.111. The van der Waals surface area contributed by atoms with E-state index in [2.05, 4.69) is 10.6 Å². The Labute approximate surface area is 187 Å². The molecule has 8 heteroatoms. The van der Waals surface area contributed by atoms with Crippen LogP contribution >= 0.6 is 11.6 Å². The van der Waals surface area contributed by atoms with Crippen molar-refractivity contribution >= 4 is 35.1 Å². The number of hydrogen-bond acceptors (Lipinski definition) is 3. The Balaban J connectivity index is 1.39. The topological polar surface area (TPSA) is 81.8 Å². The van der Waals surface area contributed by atoms with Crippen LogP contribution in [0.1, 0.15) is 18.4 Å². The zero-order valence-corrected chi connectivity index (χ0v) is 18.1. The number of hydrogen-bond donors (Lipinski definition) is 2. The lowest BCUT2D eigenvalue weighted by Crippen LogP contribution is -2.40. The second-order valence-electron chi connectivity index (χ2n) is 7.42. The van der Waals surface area contributed by atoms with Crippen LogP contribution in [0.15, 0.2) is 54.6 Å². The van der Waals surface area contributed by atoms with E-state index in [0.29, 0.717) is 56.3 Å². The third-order valence-electron chi connectivity index (χ3n) is 5.10. The van der Waals surface area contributed by atoms with E-state index in [1.54, 1.807) is 34.1 Å². The number of halogens is 1. The van der Waals surface area contributed by atoms with Gasteiger partial charge in [0.1, 0.15) is 0 Å². The van der Waals surface area contributed by atoms with Crippen molar-refractivity contribution in [3.8, 4) is 0 Å². The van der Waals surface area contributed by atoms with E-state index in [1.807, 2.05) is 30.3 Å². The molecule has 2 aromatic carbocycles. The molecule has 3 rings (SSSR count). The minimum atomic E-state index is -0.190. The number of nitrogens with zero attached hydrogens (tertiary/aromatic N) is 2. The molecule has 1 aliphatic rings. The van der Waals surface area contributed by atoms with Gasteiger partial charge in [-0.3, -0.25) is 9.59 Å². The number of amides is 4. The van der Waals surface area contributed by atoms with Gasteiger partial charge in [0.25, 0.3) is 0 Å². The maximum absolute atomic E-state index is 12.5. The molecule has 0 aliphatic carbocycles. The normalized spacial score (nSPS) is 14.0. The molecule has 1 heterocycles. The maximum atomic E-state index is 12.5. The highest BCUT2D eigenvalue weighted by Crippen LogP contribution is 2.14. The van der Waals surface area contributed by atoms with Crippen molar-refractivity contribution in [3.63, 3.8) is 0 Å². The fraction of sp³-hybridized carbons (Fsp3) is 0.348. The summed E-state index contributed by atoms with van der Waals surface area (Å²) in [6.07, 6.45) is 1.26. The predicted molar refractivity (Wildman–Crippen MR) is 121 cm³/mol. The second kappa shape index (κ2) is 11.4. The highest BCUT2D eigenvalue weighted by Gasteiger charge is 2.22. The van der Waals surface area contributed by atoms with E-state index in [4.69, 9.17) is 11.6 Å². The smallest absolute Gasteiger partial charge is 0.321 e. The fourth-order valence-electron chi connectivity index (χ4n) is 3.42. The number of anilines is 1. The maximum Gasteiger partial charge on any atom is 0.321 e. The Morgan fingerprint density at radius 1 is 0.871 bits per heavy atom. The van der Waals surface area contributed by atoms with Gasteiger partial charge in [-0.1, -0.05) is 41.9 Å². The summed E-state index contributed by atoms with van der Waals surface area (Å²) in [5.41, 5.74) is 1.62. The first-order valence-corrected chi connectivity index (χ1v) is 10.8. The predicted octanol–water partition coefficient (Wildman–Crippen LogP) is 3.16.